The van der Waals surface area contributed by atoms with Crippen LogP contribution in [0.2, 0.25) is 0 Å². The van der Waals surface area contributed by atoms with E-state index < -0.39 is 17.0 Å². The first-order valence-corrected chi connectivity index (χ1v) is 6.58. The van der Waals surface area contributed by atoms with E-state index in [2.05, 4.69) is 0 Å². The van der Waals surface area contributed by atoms with Gasteiger partial charge in [0.25, 0.3) is 0 Å². The first-order valence-electron chi connectivity index (χ1n) is 6.58. The van der Waals surface area contributed by atoms with Crippen LogP contribution < -0.4 is 4.74 Å². The first-order chi connectivity index (χ1) is 9.51. The van der Waals surface area contributed by atoms with Crippen LogP contribution in [0.25, 0.3) is 0 Å². The van der Waals surface area contributed by atoms with Gasteiger partial charge in [-0.25, -0.2) is 4.79 Å². The quantitative estimate of drug-likeness (QED) is 0.436. The zero-order chi connectivity index (χ0) is 15.1. The Bertz CT molecular complexity index is 486. The summed E-state index contributed by atoms with van der Waals surface area (Å²) >= 11 is 0. The third kappa shape index (κ3) is 3.94. The molecular weight excluding hydrogens is 262 g/mol. The van der Waals surface area contributed by atoms with E-state index in [1.54, 1.807) is 26.0 Å². The number of hydrogen-bond acceptors (Lipinski definition) is 5. The summed E-state index contributed by atoms with van der Waals surface area (Å²) in [4.78, 5) is 22.4. The molecule has 110 valence electrons. The molecule has 0 aromatic heterocycles. The van der Waals surface area contributed by atoms with Crippen molar-refractivity contribution in [3.05, 3.63) is 33.9 Å². The summed E-state index contributed by atoms with van der Waals surface area (Å²) in [5, 5.41) is 11.1. The van der Waals surface area contributed by atoms with Crippen LogP contribution in [0.1, 0.15) is 32.3 Å². The summed E-state index contributed by atoms with van der Waals surface area (Å²) in [6.07, 6.45) is 0.341. The molecule has 1 atom stereocenters. The molecular formula is C14H19NO5. The molecule has 1 aromatic rings. The van der Waals surface area contributed by atoms with Crippen molar-refractivity contribution >= 4 is 11.7 Å². The maximum atomic E-state index is 11.8. The predicted molar refractivity (Wildman–Crippen MR) is 73.8 cm³/mol. The number of aryl methyl sites for hydroxylation is 1. The largest absolute Gasteiger partial charge is 0.472 e. The summed E-state index contributed by atoms with van der Waals surface area (Å²) in [6, 6.07) is 4.78. The molecule has 1 rings (SSSR count). The van der Waals surface area contributed by atoms with Crippen molar-refractivity contribution in [1.82, 2.24) is 0 Å². The number of hydrogen-bond donors (Lipinski definition) is 0. The van der Waals surface area contributed by atoms with Crippen LogP contribution in [0.4, 0.5) is 5.69 Å². The standard InChI is InChI=1S/C14H19NO5/c1-4-7-12(14(16)19-5-2)20-11-9-6-8-10(3)13(11)15(17)18/h6,8-9,12H,4-5,7H2,1-3H3. The number of rotatable bonds is 7. The highest BCUT2D eigenvalue weighted by molar-refractivity contribution is 5.75. The molecule has 20 heavy (non-hydrogen) atoms. The van der Waals surface area contributed by atoms with Gasteiger partial charge < -0.3 is 9.47 Å². The number of carbonyl (C=O) groups excluding carboxylic acids is 1. The summed E-state index contributed by atoms with van der Waals surface area (Å²) in [7, 11) is 0. The number of nitro benzene ring substituents is 1. The molecule has 0 saturated carbocycles. The number of benzene rings is 1. The molecule has 6 heteroatoms. The summed E-state index contributed by atoms with van der Waals surface area (Å²) in [6.45, 7) is 5.48. The van der Waals surface area contributed by atoms with Crippen LogP contribution in [-0.4, -0.2) is 23.6 Å². The maximum Gasteiger partial charge on any atom is 0.347 e. The molecule has 1 aromatic carbocycles. The molecule has 0 fully saturated rings. The lowest BCUT2D eigenvalue weighted by atomic mass is 10.1. The van der Waals surface area contributed by atoms with Gasteiger partial charge in [0.05, 0.1) is 11.5 Å². The topological polar surface area (TPSA) is 78.7 Å². The minimum atomic E-state index is -0.819. The Morgan fingerprint density at radius 2 is 2.10 bits per heavy atom. The zero-order valence-electron chi connectivity index (χ0n) is 11.9. The number of nitrogens with zero attached hydrogens (tertiary/aromatic N) is 1. The monoisotopic (exact) mass is 281 g/mol. The molecule has 0 saturated heterocycles. The SMILES string of the molecule is CCCC(Oc1cccc(C)c1[N+](=O)[O-])C(=O)OCC. The van der Waals surface area contributed by atoms with Gasteiger partial charge in [-0.15, -0.1) is 0 Å². The minimum Gasteiger partial charge on any atom is -0.472 e. The van der Waals surface area contributed by atoms with E-state index in [-0.39, 0.29) is 18.0 Å². The summed E-state index contributed by atoms with van der Waals surface area (Å²) in [5.74, 6) is -0.397. The first kappa shape index (κ1) is 15.9. The van der Waals surface area contributed by atoms with Crippen molar-refractivity contribution in [2.75, 3.05) is 6.61 Å². The Balaban J connectivity index is 3.02. The van der Waals surface area contributed by atoms with Crippen molar-refractivity contribution in [3.8, 4) is 5.75 Å². The molecule has 0 aliphatic heterocycles. The minimum absolute atomic E-state index is 0.0986. The smallest absolute Gasteiger partial charge is 0.347 e. The van der Waals surface area contributed by atoms with Crippen LogP contribution >= 0.6 is 0 Å². The molecule has 0 radical (unpaired) electrons. The van der Waals surface area contributed by atoms with E-state index in [1.807, 2.05) is 6.92 Å². The van der Waals surface area contributed by atoms with Crippen molar-refractivity contribution in [1.29, 1.82) is 0 Å². The van der Waals surface area contributed by atoms with Crippen molar-refractivity contribution in [2.24, 2.45) is 0 Å². The van der Waals surface area contributed by atoms with E-state index in [0.717, 1.165) is 0 Å². The third-order valence-corrected chi connectivity index (χ3v) is 2.75. The maximum absolute atomic E-state index is 11.8. The van der Waals surface area contributed by atoms with Gasteiger partial charge >= 0.3 is 11.7 Å². The highest BCUT2D eigenvalue weighted by Gasteiger charge is 2.26. The van der Waals surface area contributed by atoms with Crippen LogP contribution in [0.15, 0.2) is 18.2 Å². The molecule has 0 heterocycles. The Kier molecular flexibility index (Phi) is 5.96. The number of nitro groups is 1. The molecule has 0 aliphatic carbocycles. The highest BCUT2D eigenvalue weighted by Crippen LogP contribution is 2.31. The summed E-state index contributed by atoms with van der Waals surface area (Å²) in [5.41, 5.74) is 0.379. The van der Waals surface area contributed by atoms with Crippen LogP contribution in [0.3, 0.4) is 0 Å². The van der Waals surface area contributed by atoms with E-state index in [0.29, 0.717) is 18.4 Å². The van der Waals surface area contributed by atoms with Gasteiger partial charge in [-0.05, 0) is 26.3 Å². The Hall–Kier alpha value is -2.11. The molecule has 0 amide bonds. The van der Waals surface area contributed by atoms with Gasteiger partial charge in [-0.1, -0.05) is 25.5 Å². The second-order valence-corrected chi connectivity index (χ2v) is 4.33. The van der Waals surface area contributed by atoms with Gasteiger partial charge in [0.15, 0.2) is 11.9 Å². The second-order valence-electron chi connectivity index (χ2n) is 4.33. The normalized spacial score (nSPS) is 11.8. The predicted octanol–water partition coefficient (Wildman–Crippen LogP) is 3.01. The molecule has 6 nitrogen and oxygen atoms in total. The van der Waals surface area contributed by atoms with Crippen molar-refractivity contribution in [2.45, 2.75) is 39.7 Å². The van der Waals surface area contributed by atoms with E-state index in [4.69, 9.17) is 9.47 Å². The lowest BCUT2D eigenvalue weighted by Gasteiger charge is -2.17. The van der Waals surface area contributed by atoms with E-state index in [1.165, 1.54) is 6.07 Å². The lowest BCUT2D eigenvalue weighted by Crippen LogP contribution is -2.29. The number of carbonyl (C=O) groups is 1. The lowest BCUT2D eigenvalue weighted by molar-refractivity contribution is -0.386. The van der Waals surface area contributed by atoms with Crippen molar-refractivity contribution in [3.63, 3.8) is 0 Å². The van der Waals surface area contributed by atoms with Crippen LogP contribution in [-0.2, 0) is 9.53 Å². The molecule has 0 aliphatic rings. The number of esters is 1. The number of para-hydroxylation sites is 1. The fourth-order valence-electron chi connectivity index (χ4n) is 1.84. The van der Waals surface area contributed by atoms with Gasteiger partial charge in [0.2, 0.25) is 0 Å². The third-order valence-electron chi connectivity index (χ3n) is 2.75. The van der Waals surface area contributed by atoms with E-state index in [9.17, 15) is 14.9 Å². The Morgan fingerprint density at radius 1 is 1.40 bits per heavy atom. The van der Waals surface area contributed by atoms with Gasteiger partial charge in [0.1, 0.15) is 0 Å². The molecule has 0 bridgehead atoms. The van der Waals surface area contributed by atoms with Gasteiger partial charge in [0, 0.05) is 5.56 Å². The fraction of sp³-hybridized carbons (Fsp3) is 0.500. The van der Waals surface area contributed by atoms with E-state index >= 15 is 0 Å². The Labute approximate surface area is 117 Å². The molecule has 1 unspecified atom stereocenters. The average molecular weight is 281 g/mol. The van der Waals surface area contributed by atoms with Crippen LogP contribution in [0, 0.1) is 17.0 Å². The zero-order valence-corrected chi connectivity index (χ0v) is 11.9. The highest BCUT2D eigenvalue weighted by atomic mass is 16.6. The average Bonchev–Trinajstić information content (AvgIpc) is 2.38. The van der Waals surface area contributed by atoms with Crippen molar-refractivity contribution < 1.29 is 19.2 Å². The van der Waals surface area contributed by atoms with Gasteiger partial charge in [-0.2, -0.15) is 0 Å². The second kappa shape index (κ2) is 7.47. The molecule has 0 N–H and O–H groups in total. The van der Waals surface area contributed by atoms with Crippen LogP contribution in [0.5, 0.6) is 5.75 Å². The Morgan fingerprint density at radius 3 is 2.65 bits per heavy atom. The summed E-state index contributed by atoms with van der Waals surface area (Å²) < 4.78 is 10.5. The molecule has 0 spiro atoms. The fourth-order valence-corrected chi connectivity index (χ4v) is 1.84. The van der Waals surface area contributed by atoms with Gasteiger partial charge in [-0.3, -0.25) is 10.1 Å². The number of ether oxygens (including phenoxy) is 2.